The summed E-state index contributed by atoms with van der Waals surface area (Å²) in [5.41, 5.74) is 18.2. The zero-order valence-electron chi connectivity index (χ0n) is 65.6. The first-order valence-corrected chi connectivity index (χ1v) is 41.4. The summed E-state index contributed by atoms with van der Waals surface area (Å²) in [6.07, 6.45) is 56.8. The van der Waals surface area contributed by atoms with Crippen molar-refractivity contribution in [3.05, 3.63) is 399 Å². The fourth-order valence-corrected chi connectivity index (χ4v) is 21.4. The maximum Gasteiger partial charge on any atom is 0.132 e. The minimum atomic E-state index is -1.55. The normalized spacial score (nSPS) is 29.1. The van der Waals surface area contributed by atoms with Crippen LogP contribution in [0.4, 0.5) is 33.3 Å². The first-order chi connectivity index (χ1) is 56.0. The van der Waals surface area contributed by atoms with Crippen LogP contribution in [0.15, 0.2) is 343 Å². The first-order valence-electron chi connectivity index (χ1n) is 41.4. The van der Waals surface area contributed by atoms with Gasteiger partial charge >= 0.3 is 0 Å². The number of halogens is 5. The Labute approximate surface area is 673 Å². The van der Waals surface area contributed by atoms with Crippen molar-refractivity contribution in [2.45, 2.75) is 139 Å². The van der Waals surface area contributed by atoms with E-state index in [4.69, 9.17) is 14.2 Å². The SMILES string of the molecule is C=CC1=CCC(OC2=CCC(C3(c4cc(C)ccc4C)c4ccccc4C4C=CC(N(c5ccc6c(c5)C5C=C(N7C8=CC(C9CC(C)=CCC9C)C(C=C8)C8C=CC=CC8c8ccc(Oc9ccc(C=C)cc9)cc8-c8cc(C9=CC=C(F)CC9)c(F)cc87)C=CC5O6)C5CC(F)=C(C6=CC=C(F)CC6)CC5F)=CC43)C=C2)C=C1. The van der Waals surface area contributed by atoms with Crippen LogP contribution in [0.5, 0.6) is 17.2 Å². The van der Waals surface area contributed by atoms with E-state index in [1.807, 2.05) is 54.6 Å². The molecule has 20 rings (SSSR count). The second kappa shape index (κ2) is 30.2. The molecule has 10 heteroatoms. The number of anilines is 2. The molecule has 578 valence electrons. The molecule has 11 aliphatic carbocycles. The number of rotatable bonds is 15. The van der Waals surface area contributed by atoms with Crippen LogP contribution >= 0.6 is 0 Å². The summed E-state index contributed by atoms with van der Waals surface area (Å²) in [5.74, 6) is 1.40. The van der Waals surface area contributed by atoms with Gasteiger partial charge < -0.3 is 24.0 Å². The van der Waals surface area contributed by atoms with Gasteiger partial charge in [-0.2, -0.15) is 0 Å². The van der Waals surface area contributed by atoms with Gasteiger partial charge in [0.05, 0.1) is 11.7 Å². The fraction of sp³-hybridized carbons (Fsp3) is 0.276. The molecule has 5 nitrogen and oxygen atoms in total. The van der Waals surface area contributed by atoms with Crippen LogP contribution < -0.4 is 19.3 Å². The largest absolute Gasteiger partial charge is 0.486 e. The van der Waals surface area contributed by atoms with Crippen LogP contribution in [-0.2, 0) is 10.2 Å². The number of aryl methyl sites for hydroxylation is 2. The maximum atomic E-state index is 18.6. The van der Waals surface area contributed by atoms with Gasteiger partial charge in [-0.3, -0.25) is 0 Å². The molecule has 0 aromatic heterocycles. The molecule has 3 heterocycles. The highest BCUT2D eigenvalue weighted by Crippen LogP contribution is 2.64. The average Bonchev–Trinajstić information content (AvgIpc) is 1.54. The number of allylic oxidation sites excluding steroid dienone is 28. The molecular formula is C105H95F5N2O3. The molecule has 0 N–H and O–H groups in total. The molecule has 0 saturated carbocycles. The van der Waals surface area contributed by atoms with E-state index in [9.17, 15) is 4.39 Å². The molecule has 3 aliphatic heterocycles. The fourth-order valence-electron chi connectivity index (χ4n) is 21.4. The molecule has 0 fully saturated rings. The van der Waals surface area contributed by atoms with Crippen LogP contribution in [-0.4, -0.2) is 24.4 Å². The molecule has 0 saturated heterocycles. The third kappa shape index (κ3) is 13.3. The third-order valence-electron chi connectivity index (χ3n) is 27.1. The van der Waals surface area contributed by atoms with E-state index in [0.29, 0.717) is 76.1 Å². The first kappa shape index (κ1) is 73.9. The summed E-state index contributed by atoms with van der Waals surface area (Å²) in [6.45, 7) is 17.0. The second-order valence-corrected chi connectivity index (χ2v) is 33.8. The Bertz CT molecular complexity index is 5650. The van der Waals surface area contributed by atoms with Crippen molar-refractivity contribution in [2.24, 2.45) is 41.4 Å². The van der Waals surface area contributed by atoms with Crippen molar-refractivity contribution in [3.63, 3.8) is 0 Å². The van der Waals surface area contributed by atoms with Gasteiger partial charge in [0.15, 0.2) is 0 Å². The lowest BCUT2D eigenvalue weighted by Crippen LogP contribution is -2.46. The summed E-state index contributed by atoms with van der Waals surface area (Å²) in [4.78, 5) is 4.35. The lowest BCUT2D eigenvalue weighted by atomic mass is 9.57. The molecule has 15 unspecified atom stereocenters. The highest BCUT2D eigenvalue weighted by molar-refractivity contribution is 5.89. The van der Waals surface area contributed by atoms with Crippen LogP contribution in [0.1, 0.15) is 146 Å². The van der Waals surface area contributed by atoms with E-state index in [1.54, 1.807) is 18.2 Å². The van der Waals surface area contributed by atoms with Gasteiger partial charge in [0, 0.05) is 101 Å². The summed E-state index contributed by atoms with van der Waals surface area (Å²) >= 11 is 0. The standard InChI is InChI=1S/C105H95F5N2O3/c1-7-66-21-39-77(40-22-66)113-79-43-29-70(30-44-79)105(96-52-63(4)18-20-65(96)6)95-16-12-11-15-85(95)86-47-36-76(56-97(86)105)112(102-61-99(109)89(59-100(102)110)69-27-33-72(107)34-28-69)75-38-50-104-94(55-75)93-54-74(37-49-103(93)115-104)111-73-35-46-83(90(53-73)87-51-62(3)17-19-64(87)5)81-13-9-10-14-82(81)84-48-45-80(114-78-41-23-67(8-2)24-42-78)57-91(84)92-58-88(98(108)60-101(92)111)68-25-31-71(106)32-26-68/h7-18,20-25,27,29,31,33,35-39,41-50,52-58,60,64,70,77,81-83,86-87,90,93,97,100,102-103H,1-2,19,26,28,30,32,34,40,51,59,61H2,3-6H3. The Hall–Kier alpha value is -11.2. The van der Waals surface area contributed by atoms with E-state index >= 15 is 17.6 Å². The highest BCUT2D eigenvalue weighted by atomic mass is 19.1. The zero-order chi connectivity index (χ0) is 78.5. The summed E-state index contributed by atoms with van der Waals surface area (Å²) in [6, 6.07) is 38.8. The van der Waals surface area contributed by atoms with Crippen LogP contribution in [0.2, 0.25) is 0 Å². The lowest BCUT2D eigenvalue weighted by Gasteiger charge is -2.46. The number of benzene rings is 6. The number of hydrogen-bond donors (Lipinski definition) is 0. The topological polar surface area (TPSA) is 34.2 Å². The van der Waals surface area contributed by atoms with E-state index in [-0.39, 0.29) is 90.8 Å². The lowest BCUT2D eigenvalue weighted by molar-refractivity contribution is 0.162. The Morgan fingerprint density at radius 2 is 1.38 bits per heavy atom. The number of ether oxygens (including phenoxy) is 3. The van der Waals surface area contributed by atoms with Gasteiger partial charge in [0.25, 0.3) is 0 Å². The molecule has 6 aromatic rings. The Morgan fingerprint density at radius 1 is 0.583 bits per heavy atom. The quantitative estimate of drug-likeness (QED) is 0.0756. The van der Waals surface area contributed by atoms with Crippen molar-refractivity contribution in [2.75, 3.05) is 9.80 Å². The van der Waals surface area contributed by atoms with Crippen LogP contribution in [0.25, 0.3) is 22.8 Å². The molecule has 2 bridgehead atoms. The Balaban J connectivity index is 0.776. The van der Waals surface area contributed by atoms with Crippen molar-refractivity contribution in [1.29, 1.82) is 0 Å². The van der Waals surface area contributed by atoms with Gasteiger partial charge in [-0.1, -0.05) is 189 Å². The minimum absolute atomic E-state index is 0.0397. The zero-order valence-corrected chi connectivity index (χ0v) is 65.6. The predicted molar refractivity (Wildman–Crippen MR) is 456 cm³/mol. The molecule has 0 amide bonds. The average molecular weight is 1530 g/mol. The third-order valence-corrected chi connectivity index (χ3v) is 27.1. The van der Waals surface area contributed by atoms with Gasteiger partial charge in [-0.25, -0.2) is 22.0 Å². The van der Waals surface area contributed by atoms with E-state index < -0.39 is 41.3 Å². The Morgan fingerprint density at radius 3 is 2.17 bits per heavy atom. The molecule has 0 radical (unpaired) electrons. The van der Waals surface area contributed by atoms with Gasteiger partial charge in [-0.05, 0) is 265 Å². The van der Waals surface area contributed by atoms with Gasteiger partial charge in [-0.15, -0.1) is 0 Å². The van der Waals surface area contributed by atoms with Crippen molar-refractivity contribution >= 4 is 23.0 Å². The molecule has 115 heavy (non-hydrogen) atoms. The molecule has 15 atom stereocenters. The van der Waals surface area contributed by atoms with Gasteiger partial charge in [0.2, 0.25) is 0 Å². The maximum absolute atomic E-state index is 18.6. The van der Waals surface area contributed by atoms with E-state index in [2.05, 4.69) is 239 Å². The highest BCUT2D eigenvalue weighted by Gasteiger charge is 2.57. The second-order valence-electron chi connectivity index (χ2n) is 33.8. The van der Waals surface area contributed by atoms with Crippen molar-refractivity contribution < 1.29 is 36.2 Å². The summed E-state index contributed by atoms with van der Waals surface area (Å²) < 4.78 is 105. The Kier molecular flexibility index (Phi) is 19.4. The molecule has 6 aromatic carbocycles. The number of alkyl halides is 1. The van der Waals surface area contributed by atoms with E-state index in [1.165, 1.54) is 40.0 Å². The smallest absolute Gasteiger partial charge is 0.132 e. The number of fused-ring (bicyclic) bond motifs is 7. The van der Waals surface area contributed by atoms with Crippen LogP contribution in [0, 0.1) is 61.1 Å². The van der Waals surface area contributed by atoms with E-state index in [0.717, 1.165) is 81.1 Å². The molecule has 0 spiro atoms. The molecule has 14 aliphatic rings. The minimum Gasteiger partial charge on any atom is -0.486 e. The monoisotopic (exact) mass is 1530 g/mol. The van der Waals surface area contributed by atoms with Crippen LogP contribution in [0.3, 0.4) is 0 Å². The summed E-state index contributed by atoms with van der Waals surface area (Å²) in [7, 11) is 0. The van der Waals surface area contributed by atoms with Gasteiger partial charge in [0.1, 0.15) is 64.7 Å². The predicted octanol–water partition coefficient (Wildman–Crippen LogP) is 27.1. The summed E-state index contributed by atoms with van der Waals surface area (Å²) in [5, 5.41) is 0. The van der Waals surface area contributed by atoms with Crippen molar-refractivity contribution in [3.8, 4) is 28.4 Å². The number of nitrogens with zero attached hydrogens (tertiary/aromatic N) is 2. The number of hydrogen-bond acceptors (Lipinski definition) is 5. The molecular weight excluding hydrogens is 1430 g/mol. The van der Waals surface area contributed by atoms with Crippen molar-refractivity contribution in [1.82, 2.24) is 0 Å².